The van der Waals surface area contributed by atoms with E-state index in [1.807, 2.05) is 18.5 Å². The molecule has 24 heavy (non-hydrogen) atoms. The van der Waals surface area contributed by atoms with Crippen molar-refractivity contribution < 1.29 is 9.90 Å². The van der Waals surface area contributed by atoms with Gasteiger partial charge in [-0.3, -0.25) is 4.79 Å². The van der Waals surface area contributed by atoms with Crippen molar-refractivity contribution in [2.24, 2.45) is 5.92 Å². The zero-order valence-corrected chi connectivity index (χ0v) is 14.8. The number of hydrogen-bond acceptors (Lipinski definition) is 4. The molecule has 0 radical (unpaired) electrons. The van der Waals surface area contributed by atoms with Crippen LogP contribution in [-0.4, -0.2) is 37.9 Å². The van der Waals surface area contributed by atoms with Crippen LogP contribution in [0.1, 0.15) is 62.1 Å². The number of nitrogens with zero attached hydrogens (tertiary/aromatic N) is 3. The second kappa shape index (κ2) is 6.16. The predicted molar refractivity (Wildman–Crippen MR) is 92.9 cm³/mol. The molecule has 1 fully saturated rings. The summed E-state index contributed by atoms with van der Waals surface area (Å²) in [4.78, 5) is 17.5. The molecule has 2 aromatic heterocycles. The molecule has 2 heterocycles. The van der Waals surface area contributed by atoms with Crippen molar-refractivity contribution in [1.82, 2.24) is 20.1 Å². The molecule has 0 spiro atoms. The first-order chi connectivity index (χ1) is 11.4. The first kappa shape index (κ1) is 16.9. The average Bonchev–Trinajstić information content (AvgIpc) is 3.34. The van der Waals surface area contributed by atoms with Crippen molar-refractivity contribution >= 4 is 16.9 Å². The third kappa shape index (κ3) is 2.90. The lowest BCUT2D eigenvalue weighted by Gasteiger charge is -2.29. The Balaban J connectivity index is 1.99. The van der Waals surface area contributed by atoms with E-state index in [4.69, 9.17) is 0 Å². The van der Waals surface area contributed by atoms with E-state index in [-0.39, 0.29) is 18.6 Å². The van der Waals surface area contributed by atoms with E-state index in [9.17, 15) is 9.90 Å². The fraction of sp³-hybridized carbons (Fsp3) is 0.611. The molecule has 6 heteroatoms. The van der Waals surface area contributed by atoms with Gasteiger partial charge in [0.05, 0.1) is 35.3 Å². The van der Waals surface area contributed by atoms with Gasteiger partial charge in [0.1, 0.15) is 0 Å². The highest BCUT2D eigenvalue weighted by molar-refractivity contribution is 6.05. The van der Waals surface area contributed by atoms with E-state index in [1.54, 1.807) is 12.3 Å². The van der Waals surface area contributed by atoms with Crippen molar-refractivity contribution in [1.29, 1.82) is 0 Å². The third-order valence-corrected chi connectivity index (χ3v) is 5.15. The van der Waals surface area contributed by atoms with Gasteiger partial charge in [0.25, 0.3) is 5.91 Å². The molecule has 1 saturated carbocycles. The van der Waals surface area contributed by atoms with Crippen molar-refractivity contribution in [2.75, 3.05) is 6.61 Å². The molecule has 3 rings (SSSR count). The fourth-order valence-corrected chi connectivity index (χ4v) is 3.14. The van der Waals surface area contributed by atoms with Crippen molar-refractivity contribution in [3.8, 4) is 0 Å². The Labute approximate surface area is 142 Å². The summed E-state index contributed by atoms with van der Waals surface area (Å²) in [5.74, 6) is 0.186. The maximum Gasteiger partial charge on any atom is 0.252 e. The van der Waals surface area contributed by atoms with Crippen LogP contribution >= 0.6 is 0 Å². The fourth-order valence-electron chi connectivity index (χ4n) is 3.14. The van der Waals surface area contributed by atoms with Crippen molar-refractivity contribution in [2.45, 2.75) is 58.5 Å². The smallest absolute Gasteiger partial charge is 0.252 e. The molecular formula is C18H26N4O2. The second-order valence-electron chi connectivity index (χ2n) is 7.20. The van der Waals surface area contributed by atoms with E-state index in [1.165, 1.54) is 0 Å². The molecule has 0 saturated heterocycles. The Morgan fingerprint density at radius 1 is 1.54 bits per heavy atom. The van der Waals surface area contributed by atoms with Crippen LogP contribution in [0.15, 0.2) is 12.3 Å². The van der Waals surface area contributed by atoms with Gasteiger partial charge in [-0.05, 0) is 52.0 Å². The number of aromatic nitrogens is 3. The van der Waals surface area contributed by atoms with Crippen LogP contribution in [-0.2, 0) is 0 Å². The van der Waals surface area contributed by atoms with Crippen LogP contribution in [0.4, 0.5) is 0 Å². The molecule has 1 aliphatic rings. The summed E-state index contributed by atoms with van der Waals surface area (Å²) in [6, 6.07) is 2.02. The van der Waals surface area contributed by atoms with E-state index >= 15 is 0 Å². The van der Waals surface area contributed by atoms with Gasteiger partial charge < -0.3 is 10.4 Å². The summed E-state index contributed by atoms with van der Waals surface area (Å²) < 4.78 is 1.88. The maximum absolute atomic E-state index is 12.9. The maximum atomic E-state index is 12.9. The van der Waals surface area contributed by atoms with E-state index in [0.29, 0.717) is 11.5 Å². The van der Waals surface area contributed by atoms with Crippen LogP contribution in [0.2, 0.25) is 0 Å². The molecule has 0 aromatic carbocycles. The van der Waals surface area contributed by atoms with Gasteiger partial charge in [0.15, 0.2) is 5.65 Å². The zero-order chi connectivity index (χ0) is 17.5. The summed E-state index contributed by atoms with van der Waals surface area (Å²) in [6.45, 7) is 7.94. The molecular weight excluding hydrogens is 304 g/mol. The summed E-state index contributed by atoms with van der Waals surface area (Å²) in [7, 11) is 0. The molecule has 6 nitrogen and oxygen atoms in total. The molecule has 2 atom stereocenters. The highest BCUT2D eigenvalue weighted by Crippen LogP contribution is 2.39. The Morgan fingerprint density at radius 3 is 2.83 bits per heavy atom. The van der Waals surface area contributed by atoms with Gasteiger partial charge in [-0.25, -0.2) is 9.67 Å². The monoisotopic (exact) mass is 330 g/mol. The number of aryl methyl sites for hydroxylation is 1. The topological polar surface area (TPSA) is 80.0 Å². The molecule has 0 aliphatic heterocycles. The highest BCUT2D eigenvalue weighted by Gasteiger charge is 2.42. The van der Waals surface area contributed by atoms with Crippen LogP contribution in [0.25, 0.3) is 11.0 Å². The van der Waals surface area contributed by atoms with Crippen molar-refractivity contribution in [3.05, 3.63) is 23.5 Å². The number of amides is 1. The van der Waals surface area contributed by atoms with Gasteiger partial charge in [-0.1, -0.05) is 6.92 Å². The third-order valence-electron chi connectivity index (χ3n) is 5.15. The molecule has 130 valence electrons. The lowest BCUT2D eigenvalue weighted by Crippen LogP contribution is -2.50. The number of rotatable bonds is 6. The van der Waals surface area contributed by atoms with Gasteiger partial charge >= 0.3 is 0 Å². The highest BCUT2D eigenvalue weighted by atomic mass is 16.3. The predicted octanol–water partition coefficient (Wildman–Crippen LogP) is 2.60. The second-order valence-corrected chi connectivity index (χ2v) is 7.20. The van der Waals surface area contributed by atoms with Crippen LogP contribution < -0.4 is 5.32 Å². The Morgan fingerprint density at radius 2 is 2.25 bits per heavy atom. The number of carbonyl (C=O) groups excluding carboxylic acids is 1. The largest absolute Gasteiger partial charge is 0.394 e. The van der Waals surface area contributed by atoms with Gasteiger partial charge in [-0.2, -0.15) is 5.10 Å². The van der Waals surface area contributed by atoms with E-state index in [2.05, 4.69) is 29.2 Å². The summed E-state index contributed by atoms with van der Waals surface area (Å²) in [6.07, 6.45) is 4.76. The number of pyridine rings is 1. The van der Waals surface area contributed by atoms with E-state index < -0.39 is 5.54 Å². The summed E-state index contributed by atoms with van der Waals surface area (Å²) >= 11 is 0. The van der Waals surface area contributed by atoms with Gasteiger partial charge in [0, 0.05) is 5.69 Å². The number of carbonyl (C=O) groups is 1. The van der Waals surface area contributed by atoms with Gasteiger partial charge in [0.2, 0.25) is 0 Å². The van der Waals surface area contributed by atoms with Crippen LogP contribution in [0.3, 0.4) is 0 Å². The molecule has 1 aliphatic carbocycles. The molecule has 2 aromatic rings. The standard InChI is InChI=1S/C18H26N4O2/c1-5-12(3)22-16-15(9-19-22)14(8-11(2)20-16)17(24)21-18(4,10-23)13-6-7-13/h8-9,12-13,23H,5-7,10H2,1-4H3,(H,21,24). The Hall–Kier alpha value is -1.95. The van der Waals surface area contributed by atoms with Crippen LogP contribution in [0.5, 0.6) is 0 Å². The SMILES string of the molecule is CCC(C)n1ncc2c(C(=O)NC(C)(CO)C3CC3)cc(C)nc21. The normalized spacial score (nSPS) is 18.4. The summed E-state index contributed by atoms with van der Waals surface area (Å²) in [5.41, 5.74) is 1.54. The number of aliphatic hydroxyl groups is 1. The Kier molecular flexibility index (Phi) is 4.34. The first-order valence-corrected chi connectivity index (χ1v) is 8.68. The average molecular weight is 330 g/mol. The number of aliphatic hydroxyl groups excluding tert-OH is 1. The summed E-state index contributed by atoms with van der Waals surface area (Å²) in [5, 5.41) is 18.0. The molecule has 0 bridgehead atoms. The number of fused-ring (bicyclic) bond motifs is 1. The minimum atomic E-state index is -0.562. The molecule has 1 amide bonds. The van der Waals surface area contributed by atoms with E-state index in [0.717, 1.165) is 36.0 Å². The molecule has 2 unspecified atom stereocenters. The van der Waals surface area contributed by atoms with Crippen LogP contribution in [0, 0.1) is 12.8 Å². The quantitative estimate of drug-likeness (QED) is 0.853. The minimum absolute atomic E-state index is 0.0528. The molecule has 2 N–H and O–H groups in total. The zero-order valence-electron chi connectivity index (χ0n) is 14.8. The Bertz CT molecular complexity index is 766. The first-order valence-electron chi connectivity index (χ1n) is 8.68. The minimum Gasteiger partial charge on any atom is -0.394 e. The lowest BCUT2D eigenvalue weighted by atomic mass is 9.96. The number of hydrogen-bond donors (Lipinski definition) is 2. The number of nitrogens with one attached hydrogen (secondary N) is 1. The van der Waals surface area contributed by atoms with Crippen molar-refractivity contribution in [3.63, 3.8) is 0 Å². The lowest BCUT2D eigenvalue weighted by molar-refractivity contribution is 0.0826. The van der Waals surface area contributed by atoms with Gasteiger partial charge in [-0.15, -0.1) is 0 Å².